The second-order valence-corrected chi connectivity index (χ2v) is 12.1. The smallest absolute Gasteiger partial charge is 0.228 e. The summed E-state index contributed by atoms with van der Waals surface area (Å²) in [6.07, 6.45) is 0. The van der Waals surface area contributed by atoms with Gasteiger partial charge in [0.15, 0.2) is 5.58 Å². The molecular formula is C47H30N2O2. The number of nitrogens with zero attached hydrogens (tertiary/aromatic N) is 2. The largest absolute Gasteiger partial charge is 0.456 e. The summed E-state index contributed by atoms with van der Waals surface area (Å²) in [6.45, 7) is 0. The first-order valence-corrected chi connectivity index (χ1v) is 16.5. The van der Waals surface area contributed by atoms with E-state index in [-0.39, 0.29) is 22.4 Å². The highest BCUT2D eigenvalue weighted by atomic mass is 16.3. The molecule has 0 unspecified atom stereocenters. The van der Waals surface area contributed by atoms with Crippen LogP contribution in [0.25, 0.3) is 77.5 Å². The van der Waals surface area contributed by atoms with Crippen LogP contribution in [0.15, 0.2) is 191 Å². The predicted octanol–water partition coefficient (Wildman–Crippen LogP) is 13.4. The third kappa shape index (κ3) is 4.96. The third-order valence-electron chi connectivity index (χ3n) is 9.04. The van der Waals surface area contributed by atoms with Crippen molar-refractivity contribution in [1.29, 1.82) is 0 Å². The molecule has 2 aromatic heterocycles. The standard InChI is InChI=1S/C47H30N2O2/c1-3-12-34(13-4-1)49(35-14-5-2-6-15-35)36-28-26-32(27-29-36)31-22-24-33(25-23-31)37-18-11-21-43-45(37)46-39-17-8-7-16-38(39)40(30-44(46)50-43)47-48-41-19-9-10-20-42(41)51-47/h1-30H/i22D,23D,24D,25D,26D,27D,28D,29D. The van der Waals surface area contributed by atoms with Crippen molar-refractivity contribution < 1.29 is 19.8 Å². The van der Waals surface area contributed by atoms with Crippen molar-refractivity contribution in [2.24, 2.45) is 0 Å². The Bertz CT molecular complexity index is 3200. The van der Waals surface area contributed by atoms with Crippen LogP contribution in [0, 0.1) is 0 Å². The normalized spacial score (nSPS) is 13.7. The SMILES string of the molecule is [2H]c1c([2H])c(-c2cccc3oc4cc(-c5nc6ccccc6o5)c5ccccc5c4c23)c([2H])c([2H])c1-c1c([2H])c([2H])c(N(c2ccccc2)c2ccccc2)c([2H])c1[2H]. The summed E-state index contributed by atoms with van der Waals surface area (Å²) in [6, 6.07) is 37.0. The monoisotopic (exact) mass is 662 g/mol. The van der Waals surface area contributed by atoms with Crippen molar-refractivity contribution in [1.82, 2.24) is 4.98 Å². The van der Waals surface area contributed by atoms with Crippen LogP contribution >= 0.6 is 0 Å². The van der Waals surface area contributed by atoms with E-state index in [2.05, 4.69) is 0 Å². The van der Waals surface area contributed by atoms with Crippen molar-refractivity contribution >= 4 is 60.9 Å². The Labute approximate surface area is 305 Å². The Morgan fingerprint density at radius 2 is 1.02 bits per heavy atom. The summed E-state index contributed by atoms with van der Waals surface area (Å²) in [5.74, 6) is 0.426. The lowest BCUT2D eigenvalue weighted by Gasteiger charge is -2.25. The summed E-state index contributed by atoms with van der Waals surface area (Å²) in [5, 5.41) is 2.95. The quantitative estimate of drug-likeness (QED) is 0.178. The third-order valence-corrected chi connectivity index (χ3v) is 9.04. The minimum absolute atomic E-state index is 0.00960. The number of benzene rings is 8. The maximum Gasteiger partial charge on any atom is 0.228 e. The molecule has 0 saturated carbocycles. The van der Waals surface area contributed by atoms with Crippen LogP contribution in [0.4, 0.5) is 17.1 Å². The van der Waals surface area contributed by atoms with Gasteiger partial charge in [-0.2, -0.15) is 0 Å². The molecule has 0 amide bonds. The average molecular weight is 663 g/mol. The zero-order valence-electron chi connectivity index (χ0n) is 34.9. The lowest BCUT2D eigenvalue weighted by atomic mass is 9.94. The molecular weight excluding hydrogens is 625 g/mol. The summed E-state index contributed by atoms with van der Waals surface area (Å²) in [5.41, 5.74) is 4.04. The van der Waals surface area contributed by atoms with E-state index in [1.807, 2.05) is 91.0 Å². The van der Waals surface area contributed by atoms with Crippen molar-refractivity contribution in [3.05, 3.63) is 182 Å². The maximum atomic E-state index is 9.38. The molecule has 0 fully saturated rings. The summed E-state index contributed by atoms with van der Waals surface area (Å²) >= 11 is 0. The summed E-state index contributed by atoms with van der Waals surface area (Å²) < 4.78 is 86.9. The van der Waals surface area contributed by atoms with Gasteiger partial charge in [0, 0.05) is 33.4 Å². The van der Waals surface area contributed by atoms with Gasteiger partial charge in [0.2, 0.25) is 5.89 Å². The fraction of sp³-hybridized carbons (Fsp3) is 0. The van der Waals surface area contributed by atoms with Gasteiger partial charge in [0.05, 0.1) is 11.0 Å². The van der Waals surface area contributed by atoms with Gasteiger partial charge in [-0.25, -0.2) is 4.98 Å². The molecule has 0 N–H and O–H groups in total. The van der Waals surface area contributed by atoms with Gasteiger partial charge in [0.1, 0.15) is 16.7 Å². The Balaban J connectivity index is 1.18. The highest BCUT2D eigenvalue weighted by Gasteiger charge is 2.20. The summed E-state index contributed by atoms with van der Waals surface area (Å²) in [4.78, 5) is 6.38. The van der Waals surface area contributed by atoms with Crippen LogP contribution in [0.3, 0.4) is 0 Å². The number of furan rings is 1. The number of oxazole rings is 1. The van der Waals surface area contributed by atoms with Crippen LogP contribution in [0.5, 0.6) is 0 Å². The van der Waals surface area contributed by atoms with E-state index < -0.39 is 48.3 Å². The molecule has 51 heavy (non-hydrogen) atoms. The van der Waals surface area contributed by atoms with E-state index in [1.54, 1.807) is 47.4 Å². The zero-order valence-corrected chi connectivity index (χ0v) is 26.9. The average Bonchev–Trinajstić information content (AvgIpc) is 3.88. The fourth-order valence-electron chi connectivity index (χ4n) is 6.73. The van der Waals surface area contributed by atoms with Gasteiger partial charge in [-0.05, 0) is 93.6 Å². The molecule has 0 bridgehead atoms. The predicted molar refractivity (Wildman–Crippen MR) is 210 cm³/mol. The minimum atomic E-state index is -0.495. The molecule has 0 atom stereocenters. The number of rotatable bonds is 6. The Hall–Kier alpha value is -6.91. The molecule has 4 heteroatoms. The highest BCUT2D eigenvalue weighted by Crippen LogP contribution is 2.44. The molecule has 0 aliphatic rings. The second kappa shape index (κ2) is 11.9. The maximum absolute atomic E-state index is 9.38. The van der Waals surface area contributed by atoms with Gasteiger partial charge in [-0.1, -0.05) is 121 Å². The van der Waals surface area contributed by atoms with Crippen LogP contribution < -0.4 is 4.90 Å². The van der Waals surface area contributed by atoms with E-state index in [9.17, 15) is 11.0 Å². The lowest BCUT2D eigenvalue weighted by molar-refractivity contribution is 0.620. The molecule has 0 radical (unpaired) electrons. The van der Waals surface area contributed by atoms with E-state index in [0.717, 1.165) is 21.9 Å². The number of aromatic nitrogens is 1. The van der Waals surface area contributed by atoms with Crippen molar-refractivity contribution in [3.63, 3.8) is 0 Å². The highest BCUT2D eigenvalue weighted by molar-refractivity contribution is 6.25. The summed E-state index contributed by atoms with van der Waals surface area (Å²) in [7, 11) is 0. The van der Waals surface area contributed by atoms with Crippen molar-refractivity contribution in [3.8, 4) is 33.7 Å². The molecule has 0 spiro atoms. The van der Waals surface area contributed by atoms with Crippen molar-refractivity contribution in [2.45, 2.75) is 0 Å². The molecule has 0 saturated heterocycles. The van der Waals surface area contributed by atoms with Crippen LogP contribution in [-0.2, 0) is 0 Å². The number of fused-ring (bicyclic) bond motifs is 6. The van der Waals surface area contributed by atoms with Gasteiger partial charge in [-0.15, -0.1) is 0 Å². The topological polar surface area (TPSA) is 42.4 Å². The first kappa shape index (κ1) is 21.9. The van der Waals surface area contributed by atoms with E-state index in [0.29, 0.717) is 50.4 Å². The van der Waals surface area contributed by atoms with Gasteiger partial charge < -0.3 is 13.7 Å². The molecule has 0 aliphatic heterocycles. The first-order valence-electron chi connectivity index (χ1n) is 20.5. The number of anilines is 3. The molecule has 240 valence electrons. The van der Waals surface area contributed by atoms with Gasteiger partial charge in [-0.3, -0.25) is 0 Å². The Morgan fingerprint density at radius 3 is 1.73 bits per heavy atom. The van der Waals surface area contributed by atoms with Crippen LogP contribution in [0.2, 0.25) is 0 Å². The van der Waals surface area contributed by atoms with Crippen molar-refractivity contribution in [2.75, 3.05) is 4.90 Å². The first-order chi connectivity index (χ1) is 28.6. The van der Waals surface area contributed by atoms with E-state index in [4.69, 9.17) is 13.8 Å². The van der Waals surface area contributed by atoms with Crippen LogP contribution in [0.1, 0.15) is 11.0 Å². The Morgan fingerprint density at radius 1 is 0.431 bits per heavy atom. The number of para-hydroxylation sites is 4. The zero-order chi connectivity index (χ0) is 40.7. The number of hydrogen-bond acceptors (Lipinski definition) is 4. The van der Waals surface area contributed by atoms with E-state index in [1.165, 1.54) is 0 Å². The fourth-order valence-corrected chi connectivity index (χ4v) is 6.73. The molecule has 2 heterocycles. The number of hydrogen-bond donors (Lipinski definition) is 0. The van der Waals surface area contributed by atoms with Gasteiger partial charge in [0.25, 0.3) is 0 Å². The molecule has 10 rings (SSSR count). The molecule has 0 aliphatic carbocycles. The minimum Gasteiger partial charge on any atom is -0.456 e. The van der Waals surface area contributed by atoms with Crippen LogP contribution in [-0.4, -0.2) is 4.98 Å². The molecule has 4 nitrogen and oxygen atoms in total. The van der Waals surface area contributed by atoms with E-state index >= 15 is 0 Å². The Kier molecular flexibility index (Phi) is 5.12. The molecule has 10 aromatic rings. The van der Waals surface area contributed by atoms with Gasteiger partial charge >= 0.3 is 0 Å². The second-order valence-electron chi connectivity index (χ2n) is 12.1. The molecule has 8 aromatic carbocycles. The lowest BCUT2D eigenvalue weighted by Crippen LogP contribution is -2.09.